The number of ketones is 1. The number of nitrogens with one attached hydrogen (secondary N) is 1. The van der Waals surface area contributed by atoms with Gasteiger partial charge in [-0.3, -0.25) is 4.79 Å². The number of methoxy groups -OCH3 is 2. The van der Waals surface area contributed by atoms with Crippen LogP contribution in [0.25, 0.3) is 0 Å². The third kappa shape index (κ3) is 3.64. The van der Waals surface area contributed by atoms with Gasteiger partial charge in [0.05, 0.1) is 14.2 Å². The van der Waals surface area contributed by atoms with E-state index in [-0.39, 0.29) is 5.78 Å². The Balaban J connectivity index is 1.60. The van der Waals surface area contributed by atoms with E-state index in [0.717, 1.165) is 35.4 Å². The van der Waals surface area contributed by atoms with Crippen molar-refractivity contribution in [2.45, 2.75) is 12.8 Å². The number of Topliss-reactive ketones (excluding diaryl/α,β-unsaturated/α-hetero) is 1. The number of allylic oxidation sites excluding steroid dienone is 1. The monoisotopic (exact) mass is 357 g/mol. The highest BCUT2D eigenvalue weighted by molar-refractivity contribution is 6.32. The van der Waals surface area contributed by atoms with Gasteiger partial charge in [-0.2, -0.15) is 0 Å². The lowest BCUT2D eigenvalue weighted by atomic mass is 10.1. The molecule has 2 aromatic carbocycles. The maximum absolute atomic E-state index is 12.4. The van der Waals surface area contributed by atoms with E-state index in [0.29, 0.717) is 22.8 Å². The molecule has 0 atom stereocenters. The first-order chi connectivity index (χ1) is 12.1. The standard InChI is InChI=1S/C20H20ClNO3/c1-24-18-7-6-13(10-19(18)25-2)8-9-22-12-14-11-16-15(20(14)23)4-3-5-17(16)21/h3-7,10,12,22H,8-9,11H2,1-2H3/b14-12-. The predicted octanol–water partition coefficient (Wildman–Crippen LogP) is 3.81. The van der Waals surface area contributed by atoms with E-state index in [2.05, 4.69) is 5.32 Å². The van der Waals surface area contributed by atoms with Crippen LogP contribution in [0, 0.1) is 0 Å². The van der Waals surface area contributed by atoms with Crippen molar-refractivity contribution in [1.82, 2.24) is 5.32 Å². The van der Waals surface area contributed by atoms with E-state index in [1.54, 1.807) is 20.4 Å². The predicted molar refractivity (Wildman–Crippen MR) is 98.8 cm³/mol. The van der Waals surface area contributed by atoms with Gasteiger partial charge in [-0.25, -0.2) is 0 Å². The van der Waals surface area contributed by atoms with Crippen LogP contribution in [0.2, 0.25) is 5.02 Å². The normalized spacial score (nSPS) is 14.5. The smallest absolute Gasteiger partial charge is 0.191 e. The number of ether oxygens (including phenoxy) is 2. The van der Waals surface area contributed by atoms with Crippen molar-refractivity contribution in [1.29, 1.82) is 0 Å². The Morgan fingerprint density at radius 3 is 2.68 bits per heavy atom. The molecular formula is C20H20ClNO3. The zero-order valence-electron chi connectivity index (χ0n) is 14.3. The third-order valence-corrected chi connectivity index (χ3v) is 4.66. The van der Waals surface area contributed by atoms with Crippen LogP contribution in [-0.2, 0) is 12.8 Å². The van der Waals surface area contributed by atoms with Crippen molar-refractivity contribution in [2.24, 2.45) is 0 Å². The van der Waals surface area contributed by atoms with Crippen molar-refractivity contribution < 1.29 is 14.3 Å². The van der Waals surface area contributed by atoms with Crippen LogP contribution < -0.4 is 14.8 Å². The summed E-state index contributed by atoms with van der Waals surface area (Å²) in [6, 6.07) is 11.3. The average Bonchev–Trinajstić information content (AvgIpc) is 2.96. The number of hydrogen-bond acceptors (Lipinski definition) is 4. The highest BCUT2D eigenvalue weighted by atomic mass is 35.5. The summed E-state index contributed by atoms with van der Waals surface area (Å²) in [5.41, 5.74) is 3.51. The van der Waals surface area contributed by atoms with Crippen molar-refractivity contribution in [3.63, 3.8) is 0 Å². The van der Waals surface area contributed by atoms with E-state index in [9.17, 15) is 4.79 Å². The molecule has 0 saturated carbocycles. The van der Waals surface area contributed by atoms with Gasteiger partial charge in [0.2, 0.25) is 0 Å². The minimum atomic E-state index is 0.0520. The molecule has 0 fully saturated rings. The maximum atomic E-state index is 12.4. The minimum absolute atomic E-state index is 0.0520. The van der Waals surface area contributed by atoms with Crippen LogP contribution >= 0.6 is 11.6 Å². The molecule has 2 aromatic rings. The number of benzene rings is 2. The first-order valence-corrected chi connectivity index (χ1v) is 8.47. The Morgan fingerprint density at radius 2 is 1.96 bits per heavy atom. The number of carbonyl (C=O) groups is 1. The van der Waals surface area contributed by atoms with Crippen LogP contribution in [0.1, 0.15) is 21.5 Å². The molecule has 0 heterocycles. The molecule has 1 aliphatic carbocycles. The Hall–Kier alpha value is -2.46. The molecule has 130 valence electrons. The third-order valence-electron chi connectivity index (χ3n) is 4.30. The first-order valence-electron chi connectivity index (χ1n) is 8.09. The second-order valence-electron chi connectivity index (χ2n) is 5.83. The van der Waals surface area contributed by atoms with Gasteiger partial charge in [-0.05, 0) is 35.7 Å². The molecule has 3 rings (SSSR count). The zero-order chi connectivity index (χ0) is 17.8. The number of fused-ring (bicyclic) bond motifs is 1. The summed E-state index contributed by atoms with van der Waals surface area (Å²) in [5.74, 6) is 1.48. The zero-order valence-corrected chi connectivity index (χ0v) is 15.0. The lowest BCUT2D eigenvalue weighted by Gasteiger charge is -2.09. The molecule has 5 heteroatoms. The highest BCUT2D eigenvalue weighted by Gasteiger charge is 2.26. The van der Waals surface area contributed by atoms with Gasteiger partial charge in [0.1, 0.15) is 0 Å². The second-order valence-corrected chi connectivity index (χ2v) is 6.24. The molecule has 1 aliphatic rings. The highest BCUT2D eigenvalue weighted by Crippen LogP contribution is 2.31. The lowest BCUT2D eigenvalue weighted by Crippen LogP contribution is -2.12. The number of halogens is 1. The Bertz CT molecular complexity index is 830. The molecule has 0 spiro atoms. The van der Waals surface area contributed by atoms with Crippen LogP contribution in [0.5, 0.6) is 11.5 Å². The number of hydrogen-bond donors (Lipinski definition) is 1. The van der Waals surface area contributed by atoms with Crippen LogP contribution in [-0.4, -0.2) is 26.5 Å². The lowest BCUT2D eigenvalue weighted by molar-refractivity contribution is 0.103. The number of rotatable bonds is 6. The molecule has 0 aromatic heterocycles. The van der Waals surface area contributed by atoms with E-state index in [4.69, 9.17) is 21.1 Å². The Labute approximate surface area is 152 Å². The molecule has 0 saturated heterocycles. The summed E-state index contributed by atoms with van der Waals surface area (Å²) in [5, 5.41) is 3.88. The molecule has 0 bridgehead atoms. The summed E-state index contributed by atoms with van der Waals surface area (Å²) in [6.45, 7) is 0.719. The fraction of sp³-hybridized carbons (Fsp3) is 0.250. The summed E-state index contributed by atoms with van der Waals surface area (Å²) >= 11 is 6.17. The Kier molecular flexibility index (Phi) is 5.29. The van der Waals surface area contributed by atoms with E-state index in [1.807, 2.05) is 36.4 Å². The maximum Gasteiger partial charge on any atom is 0.191 e. The quantitative estimate of drug-likeness (QED) is 0.630. The second kappa shape index (κ2) is 7.62. The van der Waals surface area contributed by atoms with Crippen LogP contribution in [0.15, 0.2) is 48.2 Å². The molecule has 0 aliphatic heterocycles. The SMILES string of the molecule is COc1ccc(CCN/C=C2/Cc3c(Cl)cccc3C2=O)cc1OC. The number of carbonyl (C=O) groups excluding carboxylic acids is 1. The Morgan fingerprint density at radius 1 is 1.16 bits per heavy atom. The molecule has 4 nitrogen and oxygen atoms in total. The van der Waals surface area contributed by atoms with Crippen molar-refractivity contribution in [3.05, 3.63) is 69.9 Å². The first kappa shape index (κ1) is 17.4. The molecule has 1 N–H and O–H groups in total. The van der Waals surface area contributed by atoms with Gasteiger partial charge in [0, 0.05) is 35.3 Å². The molecule has 25 heavy (non-hydrogen) atoms. The largest absolute Gasteiger partial charge is 0.493 e. The summed E-state index contributed by atoms with van der Waals surface area (Å²) < 4.78 is 10.5. The molecule has 0 unspecified atom stereocenters. The topological polar surface area (TPSA) is 47.6 Å². The summed E-state index contributed by atoms with van der Waals surface area (Å²) in [7, 11) is 3.24. The van der Waals surface area contributed by atoms with E-state index >= 15 is 0 Å². The van der Waals surface area contributed by atoms with E-state index < -0.39 is 0 Å². The average molecular weight is 358 g/mol. The van der Waals surface area contributed by atoms with Gasteiger partial charge < -0.3 is 14.8 Å². The van der Waals surface area contributed by atoms with Crippen molar-refractivity contribution in [3.8, 4) is 11.5 Å². The molecule has 0 radical (unpaired) electrons. The minimum Gasteiger partial charge on any atom is -0.493 e. The van der Waals surface area contributed by atoms with Gasteiger partial charge in [-0.15, -0.1) is 0 Å². The van der Waals surface area contributed by atoms with Crippen LogP contribution in [0.3, 0.4) is 0 Å². The van der Waals surface area contributed by atoms with Gasteiger partial charge >= 0.3 is 0 Å². The van der Waals surface area contributed by atoms with Gasteiger partial charge in [0.15, 0.2) is 17.3 Å². The molecular weight excluding hydrogens is 338 g/mol. The van der Waals surface area contributed by atoms with Gasteiger partial charge in [-0.1, -0.05) is 29.8 Å². The summed E-state index contributed by atoms with van der Waals surface area (Å²) in [6.07, 6.45) is 3.20. The van der Waals surface area contributed by atoms with Gasteiger partial charge in [0.25, 0.3) is 0 Å². The van der Waals surface area contributed by atoms with Crippen LogP contribution in [0.4, 0.5) is 0 Å². The fourth-order valence-corrected chi connectivity index (χ4v) is 3.20. The van der Waals surface area contributed by atoms with E-state index in [1.165, 1.54) is 0 Å². The summed E-state index contributed by atoms with van der Waals surface area (Å²) in [4.78, 5) is 12.4. The van der Waals surface area contributed by atoms with Crippen molar-refractivity contribution in [2.75, 3.05) is 20.8 Å². The van der Waals surface area contributed by atoms with Crippen molar-refractivity contribution >= 4 is 17.4 Å². The molecule has 0 amide bonds. The fourth-order valence-electron chi connectivity index (χ4n) is 2.96.